The zero-order valence-corrected chi connectivity index (χ0v) is 12.5. The van der Waals surface area contributed by atoms with Gasteiger partial charge in [-0.3, -0.25) is 0 Å². The van der Waals surface area contributed by atoms with Crippen LogP contribution in [0.5, 0.6) is 5.75 Å². The number of hydrogen-bond donors (Lipinski definition) is 2. The molecule has 3 N–H and O–H groups in total. The normalized spacial score (nSPS) is 13.5. The highest BCUT2D eigenvalue weighted by Gasteiger charge is 2.29. The molecule has 0 aliphatic heterocycles. The second kappa shape index (κ2) is 6.61. The zero-order chi connectivity index (χ0) is 15.3. The van der Waals surface area contributed by atoms with Gasteiger partial charge >= 0.3 is 0 Å². The van der Waals surface area contributed by atoms with Crippen LogP contribution in [0, 0.1) is 0 Å². The summed E-state index contributed by atoms with van der Waals surface area (Å²) in [7, 11) is 3.56. The van der Waals surface area contributed by atoms with Crippen LogP contribution in [0.2, 0.25) is 0 Å². The summed E-state index contributed by atoms with van der Waals surface area (Å²) in [6.45, 7) is 0.532. The molecule has 0 aliphatic rings. The predicted molar refractivity (Wildman–Crippen MR) is 85.7 cm³/mol. The molecular formula is C17H22N2O2. The summed E-state index contributed by atoms with van der Waals surface area (Å²) in [4.78, 5) is 1.96. The number of anilines is 1. The average Bonchev–Trinajstić information content (AvgIpc) is 2.55. The Morgan fingerprint density at radius 2 is 1.71 bits per heavy atom. The van der Waals surface area contributed by atoms with Gasteiger partial charge in [-0.05, 0) is 17.7 Å². The number of likely N-dealkylation sites (N-methyl/N-ethyl adjacent to an activating group) is 1. The van der Waals surface area contributed by atoms with Gasteiger partial charge in [-0.2, -0.15) is 0 Å². The number of methoxy groups -OCH3 is 1. The molecule has 0 bridgehead atoms. The second-order valence-electron chi connectivity index (χ2n) is 5.13. The van der Waals surface area contributed by atoms with Crippen LogP contribution in [0.4, 0.5) is 5.69 Å². The van der Waals surface area contributed by atoms with Gasteiger partial charge in [-0.15, -0.1) is 0 Å². The van der Waals surface area contributed by atoms with Crippen LogP contribution >= 0.6 is 0 Å². The molecule has 0 saturated carbocycles. The number of aliphatic hydroxyl groups is 1. The molecule has 2 aromatic carbocycles. The van der Waals surface area contributed by atoms with E-state index < -0.39 is 5.60 Å². The molecule has 2 rings (SSSR count). The number of ether oxygens (including phenoxy) is 1. The van der Waals surface area contributed by atoms with Crippen molar-refractivity contribution in [3.63, 3.8) is 0 Å². The predicted octanol–water partition coefficient (Wildman–Crippen LogP) is 1.98. The second-order valence-corrected chi connectivity index (χ2v) is 5.13. The maximum atomic E-state index is 10.9. The molecule has 0 fully saturated rings. The Hall–Kier alpha value is -2.04. The zero-order valence-electron chi connectivity index (χ0n) is 12.5. The highest BCUT2D eigenvalue weighted by atomic mass is 16.5. The van der Waals surface area contributed by atoms with E-state index in [2.05, 4.69) is 0 Å². The summed E-state index contributed by atoms with van der Waals surface area (Å²) in [5.74, 6) is 0.771. The van der Waals surface area contributed by atoms with Crippen LogP contribution in [0.25, 0.3) is 0 Å². The molecule has 4 heteroatoms. The van der Waals surface area contributed by atoms with Crippen molar-refractivity contribution in [3.05, 3.63) is 60.2 Å². The van der Waals surface area contributed by atoms with E-state index in [0.29, 0.717) is 6.54 Å². The highest BCUT2D eigenvalue weighted by Crippen LogP contribution is 2.29. The Morgan fingerprint density at radius 1 is 1.10 bits per heavy atom. The lowest BCUT2D eigenvalue weighted by Crippen LogP contribution is -2.45. The number of benzene rings is 2. The Labute approximate surface area is 125 Å². The number of nitrogens with two attached hydrogens (primary N) is 1. The quantitative estimate of drug-likeness (QED) is 0.852. The SMILES string of the molecule is COc1ccccc1N(C)CC(O)(CN)c1ccccc1. The van der Waals surface area contributed by atoms with Crippen molar-refractivity contribution in [1.82, 2.24) is 0 Å². The van der Waals surface area contributed by atoms with Crippen LogP contribution in [0.1, 0.15) is 5.56 Å². The third-order valence-electron chi connectivity index (χ3n) is 3.64. The minimum atomic E-state index is -1.10. The van der Waals surface area contributed by atoms with E-state index in [1.165, 1.54) is 0 Å². The maximum absolute atomic E-state index is 10.9. The van der Waals surface area contributed by atoms with Crippen molar-refractivity contribution in [1.29, 1.82) is 0 Å². The molecule has 0 saturated heterocycles. The summed E-state index contributed by atoms with van der Waals surface area (Å²) in [5.41, 5.74) is 6.46. The summed E-state index contributed by atoms with van der Waals surface area (Å²) in [6.07, 6.45) is 0. The van der Waals surface area contributed by atoms with Gasteiger partial charge in [0.1, 0.15) is 11.4 Å². The van der Waals surface area contributed by atoms with Gasteiger partial charge in [0, 0.05) is 13.6 Å². The monoisotopic (exact) mass is 286 g/mol. The smallest absolute Gasteiger partial charge is 0.142 e. The minimum Gasteiger partial charge on any atom is -0.495 e. The standard InChI is InChI=1S/C17H22N2O2/c1-19(15-10-6-7-11-16(15)21-2)13-17(20,12-18)14-8-4-3-5-9-14/h3-11,20H,12-13,18H2,1-2H3. The first kappa shape index (κ1) is 15.4. The van der Waals surface area contributed by atoms with E-state index >= 15 is 0 Å². The Morgan fingerprint density at radius 3 is 2.33 bits per heavy atom. The molecule has 0 aliphatic carbocycles. The van der Waals surface area contributed by atoms with Gasteiger partial charge in [0.15, 0.2) is 0 Å². The fourth-order valence-corrected chi connectivity index (χ4v) is 2.44. The largest absolute Gasteiger partial charge is 0.495 e. The molecule has 0 amide bonds. The van der Waals surface area contributed by atoms with Crippen LogP contribution in [-0.4, -0.2) is 32.4 Å². The molecule has 21 heavy (non-hydrogen) atoms. The van der Waals surface area contributed by atoms with E-state index in [4.69, 9.17) is 10.5 Å². The molecule has 0 spiro atoms. The molecule has 1 unspecified atom stereocenters. The van der Waals surface area contributed by atoms with E-state index in [0.717, 1.165) is 17.0 Å². The first-order valence-electron chi connectivity index (χ1n) is 6.93. The van der Waals surface area contributed by atoms with Crippen LogP contribution in [0.15, 0.2) is 54.6 Å². The van der Waals surface area contributed by atoms with E-state index in [1.54, 1.807) is 7.11 Å². The van der Waals surface area contributed by atoms with E-state index in [9.17, 15) is 5.11 Å². The van der Waals surface area contributed by atoms with Crippen molar-refractivity contribution in [2.75, 3.05) is 32.1 Å². The molecule has 0 heterocycles. The van der Waals surface area contributed by atoms with Crippen molar-refractivity contribution < 1.29 is 9.84 Å². The van der Waals surface area contributed by atoms with Crippen molar-refractivity contribution in [3.8, 4) is 5.75 Å². The molecule has 0 radical (unpaired) electrons. The van der Waals surface area contributed by atoms with Crippen LogP contribution < -0.4 is 15.4 Å². The van der Waals surface area contributed by atoms with Crippen molar-refractivity contribution in [2.45, 2.75) is 5.60 Å². The van der Waals surface area contributed by atoms with Gasteiger partial charge in [-0.1, -0.05) is 42.5 Å². The molecule has 4 nitrogen and oxygen atoms in total. The molecular weight excluding hydrogens is 264 g/mol. The van der Waals surface area contributed by atoms with Crippen LogP contribution in [-0.2, 0) is 5.60 Å². The first-order valence-corrected chi connectivity index (χ1v) is 6.93. The van der Waals surface area contributed by atoms with Gasteiger partial charge in [0.05, 0.1) is 19.3 Å². The van der Waals surface area contributed by atoms with Gasteiger partial charge in [0.2, 0.25) is 0 Å². The molecule has 112 valence electrons. The third-order valence-corrected chi connectivity index (χ3v) is 3.64. The third kappa shape index (κ3) is 3.35. The lowest BCUT2D eigenvalue weighted by molar-refractivity contribution is 0.0542. The molecule has 0 aromatic heterocycles. The van der Waals surface area contributed by atoms with Crippen LogP contribution in [0.3, 0.4) is 0 Å². The summed E-state index contributed by atoms with van der Waals surface area (Å²) in [6, 6.07) is 17.2. The van der Waals surface area contributed by atoms with Gasteiger partial charge < -0.3 is 20.5 Å². The van der Waals surface area contributed by atoms with Gasteiger partial charge in [-0.25, -0.2) is 0 Å². The Balaban J connectivity index is 2.26. The molecule has 2 aromatic rings. The number of hydrogen-bond acceptors (Lipinski definition) is 4. The average molecular weight is 286 g/mol. The lowest BCUT2D eigenvalue weighted by atomic mass is 9.93. The minimum absolute atomic E-state index is 0.149. The Kier molecular flexibility index (Phi) is 4.83. The van der Waals surface area contributed by atoms with Crippen molar-refractivity contribution >= 4 is 5.69 Å². The van der Waals surface area contributed by atoms with E-state index in [-0.39, 0.29) is 6.54 Å². The topological polar surface area (TPSA) is 58.7 Å². The number of nitrogens with zero attached hydrogens (tertiary/aromatic N) is 1. The summed E-state index contributed by atoms with van der Waals surface area (Å²) in [5, 5.41) is 10.9. The fourth-order valence-electron chi connectivity index (χ4n) is 2.44. The van der Waals surface area contributed by atoms with Gasteiger partial charge in [0.25, 0.3) is 0 Å². The number of rotatable bonds is 6. The summed E-state index contributed by atoms with van der Waals surface area (Å²) < 4.78 is 5.37. The Bertz CT molecular complexity index is 574. The molecule has 1 atom stereocenters. The fraction of sp³-hybridized carbons (Fsp3) is 0.294. The summed E-state index contributed by atoms with van der Waals surface area (Å²) >= 11 is 0. The first-order chi connectivity index (χ1) is 10.1. The van der Waals surface area contributed by atoms with Crippen molar-refractivity contribution in [2.24, 2.45) is 5.73 Å². The van der Waals surface area contributed by atoms with E-state index in [1.807, 2.05) is 66.5 Å². The number of para-hydroxylation sites is 2. The highest BCUT2D eigenvalue weighted by molar-refractivity contribution is 5.58. The lowest BCUT2D eigenvalue weighted by Gasteiger charge is -2.33. The maximum Gasteiger partial charge on any atom is 0.142 e.